The zero-order chi connectivity index (χ0) is 12.8. The first kappa shape index (κ1) is 13.4. The van der Waals surface area contributed by atoms with E-state index in [9.17, 15) is 0 Å². The monoisotopic (exact) mass is 246 g/mol. The van der Waals surface area contributed by atoms with Crippen LogP contribution >= 0.6 is 0 Å². The van der Waals surface area contributed by atoms with E-state index in [0.717, 1.165) is 6.54 Å². The first-order chi connectivity index (χ1) is 8.75. The molecule has 1 aliphatic heterocycles. The summed E-state index contributed by atoms with van der Waals surface area (Å²) < 4.78 is 0. The number of benzene rings is 1. The van der Waals surface area contributed by atoms with Gasteiger partial charge in [-0.2, -0.15) is 0 Å². The molecule has 1 saturated heterocycles. The second-order valence-electron chi connectivity index (χ2n) is 5.50. The maximum atomic E-state index is 3.57. The van der Waals surface area contributed by atoms with E-state index in [1.54, 1.807) is 0 Å². The Labute approximate surface area is 111 Å². The standard InChI is InChI=1S/C16H26N2/c1-14-7-8-15(2)16(13-14)17-9-6-12-18-10-4-3-5-11-18/h7-8,13,17H,3-6,9-12H2,1-2H3. The summed E-state index contributed by atoms with van der Waals surface area (Å²) in [5.74, 6) is 0. The fourth-order valence-electron chi connectivity index (χ4n) is 2.64. The normalized spacial score (nSPS) is 16.8. The second kappa shape index (κ2) is 6.79. The predicted octanol–water partition coefficient (Wildman–Crippen LogP) is 3.59. The third kappa shape index (κ3) is 4.02. The molecule has 1 aromatic rings. The SMILES string of the molecule is Cc1ccc(C)c(NCCCN2CCCCC2)c1. The van der Waals surface area contributed by atoms with Crippen molar-refractivity contribution in [2.75, 3.05) is 31.5 Å². The molecule has 18 heavy (non-hydrogen) atoms. The quantitative estimate of drug-likeness (QED) is 0.799. The molecule has 100 valence electrons. The summed E-state index contributed by atoms with van der Waals surface area (Å²) >= 11 is 0. The highest BCUT2D eigenvalue weighted by Gasteiger charge is 2.08. The van der Waals surface area contributed by atoms with E-state index >= 15 is 0 Å². The smallest absolute Gasteiger partial charge is 0.0372 e. The van der Waals surface area contributed by atoms with Crippen molar-refractivity contribution in [2.45, 2.75) is 39.5 Å². The van der Waals surface area contributed by atoms with Crippen LogP contribution in [0.2, 0.25) is 0 Å². The molecule has 0 spiro atoms. The molecule has 1 N–H and O–H groups in total. The number of hydrogen-bond donors (Lipinski definition) is 1. The van der Waals surface area contributed by atoms with Crippen molar-refractivity contribution >= 4 is 5.69 Å². The first-order valence-corrected chi connectivity index (χ1v) is 7.29. The van der Waals surface area contributed by atoms with Gasteiger partial charge in [0.25, 0.3) is 0 Å². The number of nitrogens with zero attached hydrogens (tertiary/aromatic N) is 1. The number of likely N-dealkylation sites (tertiary alicyclic amines) is 1. The number of rotatable bonds is 5. The van der Waals surface area contributed by atoms with E-state index < -0.39 is 0 Å². The number of anilines is 1. The molecule has 1 heterocycles. The van der Waals surface area contributed by atoms with Gasteiger partial charge in [-0.3, -0.25) is 0 Å². The summed E-state index contributed by atoms with van der Waals surface area (Å²) in [5.41, 5.74) is 3.98. The van der Waals surface area contributed by atoms with Crippen LogP contribution in [0.3, 0.4) is 0 Å². The van der Waals surface area contributed by atoms with Gasteiger partial charge in [0.1, 0.15) is 0 Å². The summed E-state index contributed by atoms with van der Waals surface area (Å²) in [4.78, 5) is 2.61. The van der Waals surface area contributed by atoms with E-state index in [2.05, 4.69) is 42.3 Å². The van der Waals surface area contributed by atoms with Crippen LogP contribution in [0, 0.1) is 13.8 Å². The number of nitrogens with one attached hydrogen (secondary N) is 1. The number of aryl methyl sites for hydroxylation is 2. The predicted molar refractivity (Wildman–Crippen MR) is 79.3 cm³/mol. The van der Waals surface area contributed by atoms with Crippen molar-refractivity contribution in [3.05, 3.63) is 29.3 Å². The van der Waals surface area contributed by atoms with Crippen LogP contribution in [0.1, 0.15) is 36.8 Å². The highest BCUT2D eigenvalue weighted by atomic mass is 15.1. The van der Waals surface area contributed by atoms with E-state index in [0.29, 0.717) is 0 Å². The lowest BCUT2D eigenvalue weighted by atomic mass is 10.1. The minimum atomic E-state index is 1.08. The molecule has 0 saturated carbocycles. The van der Waals surface area contributed by atoms with Gasteiger partial charge < -0.3 is 10.2 Å². The van der Waals surface area contributed by atoms with E-state index in [-0.39, 0.29) is 0 Å². The molecular weight excluding hydrogens is 220 g/mol. The Hall–Kier alpha value is -1.02. The van der Waals surface area contributed by atoms with Gasteiger partial charge in [-0.1, -0.05) is 18.6 Å². The van der Waals surface area contributed by atoms with E-state index in [1.807, 2.05) is 0 Å². The van der Waals surface area contributed by atoms with Gasteiger partial charge in [0.15, 0.2) is 0 Å². The summed E-state index contributed by atoms with van der Waals surface area (Å²) in [6, 6.07) is 6.62. The van der Waals surface area contributed by atoms with E-state index in [1.165, 1.54) is 62.1 Å². The maximum Gasteiger partial charge on any atom is 0.0372 e. The molecule has 2 rings (SSSR count). The van der Waals surface area contributed by atoms with Crippen LogP contribution in [0.4, 0.5) is 5.69 Å². The van der Waals surface area contributed by atoms with Gasteiger partial charge >= 0.3 is 0 Å². The van der Waals surface area contributed by atoms with Gasteiger partial charge in [-0.25, -0.2) is 0 Å². The largest absolute Gasteiger partial charge is 0.385 e. The molecule has 0 aliphatic carbocycles. The summed E-state index contributed by atoms with van der Waals surface area (Å²) in [5, 5.41) is 3.57. The molecule has 2 heteroatoms. The van der Waals surface area contributed by atoms with Gasteiger partial charge in [0.2, 0.25) is 0 Å². The third-order valence-corrected chi connectivity index (χ3v) is 3.81. The van der Waals surface area contributed by atoms with Crippen molar-refractivity contribution in [3.8, 4) is 0 Å². The zero-order valence-electron chi connectivity index (χ0n) is 11.8. The third-order valence-electron chi connectivity index (χ3n) is 3.81. The molecule has 1 aliphatic rings. The van der Waals surface area contributed by atoms with Gasteiger partial charge in [-0.05, 0) is 69.9 Å². The van der Waals surface area contributed by atoms with Crippen molar-refractivity contribution in [3.63, 3.8) is 0 Å². The molecule has 0 atom stereocenters. The Balaban J connectivity index is 1.69. The van der Waals surface area contributed by atoms with Crippen LogP contribution in [-0.2, 0) is 0 Å². The minimum Gasteiger partial charge on any atom is -0.385 e. The molecule has 1 aromatic carbocycles. The van der Waals surface area contributed by atoms with Crippen LogP contribution in [0.5, 0.6) is 0 Å². The molecule has 0 aromatic heterocycles. The molecule has 0 radical (unpaired) electrons. The summed E-state index contributed by atoms with van der Waals surface area (Å²) in [6.45, 7) is 9.27. The summed E-state index contributed by atoms with van der Waals surface area (Å²) in [7, 11) is 0. The molecular formula is C16H26N2. The highest BCUT2D eigenvalue weighted by Crippen LogP contribution is 2.16. The highest BCUT2D eigenvalue weighted by molar-refractivity contribution is 5.52. The lowest BCUT2D eigenvalue weighted by Gasteiger charge is -2.26. The first-order valence-electron chi connectivity index (χ1n) is 7.29. The van der Waals surface area contributed by atoms with Gasteiger partial charge in [-0.15, -0.1) is 0 Å². The van der Waals surface area contributed by atoms with Crippen LogP contribution < -0.4 is 5.32 Å². The minimum absolute atomic E-state index is 1.08. The zero-order valence-corrected chi connectivity index (χ0v) is 11.8. The molecule has 0 unspecified atom stereocenters. The second-order valence-corrected chi connectivity index (χ2v) is 5.50. The Morgan fingerprint density at radius 2 is 1.89 bits per heavy atom. The lowest BCUT2D eigenvalue weighted by molar-refractivity contribution is 0.228. The summed E-state index contributed by atoms with van der Waals surface area (Å²) in [6.07, 6.45) is 5.46. The molecule has 2 nitrogen and oxygen atoms in total. The van der Waals surface area contributed by atoms with Crippen molar-refractivity contribution in [2.24, 2.45) is 0 Å². The molecule has 0 amide bonds. The fourth-order valence-corrected chi connectivity index (χ4v) is 2.64. The van der Waals surface area contributed by atoms with Gasteiger partial charge in [0.05, 0.1) is 0 Å². The van der Waals surface area contributed by atoms with Crippen molar-refractivity contribution in [1.29, 1.82) is 0 Å². The number of piperidine rings is 1. The van der Waals surface area contributed by atoms with Crippen LogP contribution in [0.15, 0.2) is 18.2 Å². The topological polar surface area (TPSA) is 15.3 Å². The lowest BCUT2D eigenvalue weighted by Crippen LogP contribution is -2.31. The fraction of sp³-hybridized carbons (Fsp3) is 0.625. The molecule has 0 bridgehead atoms. The van der Waals surface area contributed by atoms with E-state index in [4.69, 9.17) is 0 Å². The average Bonchev–Trinajstić information content (AvgIpc) is 2.40. The van der Waals surface area contributed by atoms with Gasteiger partial charge in [0, 0.05) is 12.2 Å². The Morgan fingerprint density at radius 3 is 2.67 bits per heavy atom. The van der Waals surface area contributed by atoms with Crippen molar-refractivity contribution < 1.29 is 0 Å². The number of hydrogen-bond acceptors (Lipinski definition) is 2. The van der Waals surface area contributed by atoms with Crippen LogP contribution in [-0.4, -0.2) is 31.1 Å². The molecule has 1 fully saturated rings. The Kier molecular flexibility index (Phi) is 5.06. The average molecular weight is 246 g/mol. The maximum absolute atomic E-state index is 3.57. The Morgan fingerprint density at radius 1 is 1.11 bits per heavy atom. The van der Waals surface area contributed by atoms with Crippen LogP contribution in [0.25, 0.3) is 0 Å². The van der Waals surface area contributed by atoms with Crippen molar-refractivity contribution in [1.82, 2.24) is 4.90 Å². The Bertz CT molecular complexity index is 367.